The van der Waals surface area contributed by atoms with E-state index in [0.29, 0.717) is 12.2 Å². The first kappa shape index (κ1) is 19.2. The van der Waals surface area contributed by atoms with Crippen LogP contribution in [-0.2, 0) is 21.2 Å². The summed E-state index contributed by atoms with van der Waals surface area (Å²) in [6.07, 6.45) is 2.27. The number of aryl methyl sites for hydroxylation is 1. The number of carbonyl (C=O) groups is 2. The topological polar surface area (TPSA) is 105 Å². The molecule has 0 aromatic carbocycles. The molecule has 0 saturated heterocycles. The fraction of sp³-hybridized carbons (Fsp3) is 0.600. The average molecular weight is 345 g/mol. The smallest absolute Gasteiger partial charge is 0.339 e. The summed E-state index contributed by atoms with van der Waals surface area (Å²) in [7, 11) is -1.96. The summed E-state index contributed by atoms with van der Waals surface area (Å²) < 4.78 is 29.0. The third-order valence-electron chi connectivity index (χ3n) is 3.42. The van der Waals surface area contributed by atoms with Crippen LogP contribution in [-0.4, -0.2) is 48.9 Å². The second kappa shape index (κ2) is 8.14. The van der Waals surface area contributed by atoms with Gasteiger partial charge in [-0.05, 0) is 19.4 Å². The lowest BCUT2D eigenvalue weighted by molar-refractivity contribution is -0.127. The Labute approximate surface area is 136 Å². The Morgan fingerprint density at radius 3 is 2.48 bits per heavy atom. The van der Waals surface area contributed by atoms with Gasteiger partial charge >= 0.3 is 5.97 Å². The van der Waals surface area contributed by atoms with Crippen molar-refractivity contribution in [2.75, 3.05) is 18.6 Å². The summed E-state index contributed by atoms with van der Waals surface area (Å²) in [5, 5.41) is 8.96. The molecule has 0 bridgehead atoms. The van der Waals surface area contributed by atoms with Crippen LogP contribution in [0.1, 0.15) is 48.1 Å². The van der Waals surface area contributed by atoms with Crippen LogP contribution in [0.2, 0.25) is 0 Å². The molecule has 1 N–H and O–H groups in total. The highest BCUT2D eigenvalue weighted by Gasteiger charge is 2.21. The molecule has 1 heterocycles. The highest BCUT2D eigenvalue weighted by Crippen LogP contribution is 2.16. The van der Waals surface area contributed by atoms with Crippen LogP contribution in [0.3, 0.4) is 0 Å². The standard InChI is InChI=1S/C15H23NO6S/c1-4-5-6-7-23(20,21)10-14(17)16(3)9-12-8-13(15(18)19)11(2)22-12/h8H,4-7,9-10H2,1-3H3,(H,18,19). The summed E-state index contributed by atoms with van der Waals surface area (Å²) in [4.78, 5) is 24.2. The maximum atomic E-state index is 12.0. The monoisotopic (exact) mass is 345 g/mol. The molecule has 130 valence electrons. The number of sulfone groups is 1. The molecule has 7 nitrogen and oxygen atoms in total. The Hall–Kier alpha value is -1.83. The second-order valence-corrected chi connectivity index (χ2v) is 7.72. The zero-order valence-electron chi connectivity index (χ0n) is 13.7. The summed E-state index contributed by atoms with van der Waals surface area (Å²) in [6, 6.07) is 1.34. The molecule has 1 aromatic rings. The number of aromatic carboxylic acids is 1. The average Bonchev–Trinajstić information content (AvgIpc) is 2.79. The fourth-order valence-corrected chi connectivity index (χ4v) is 3.48. The van der Waals surface area contributed by atoms with Gasteiger partial charge in [0.1, 0.15) is 22.8 Å². The van der Waals surface area contributed by atoms with E-state index >= 15 is 0 Å². The molecule has 8 heteroatoms. The number of nitrogens with zero attached hydrogens (tertiary/aromatic N) is 1. The largest absolute Gasteiger partial charge is 0.478 e. The highest BCUT2D eigenvalue weighted by molar-refractivity contribution is 7.92. The van der Waals surface area contributed by atoms with E-state index < -0.39 is 27.5 Å². The molecule has 0 fully saturated rings. The Balaban J connectivity index is 2.63. The maximum Gasteiger partial charge on any atom is 0.339 e. The van der Waals surface area contributed by atoms with E-state index in [0.717, 1.165) is 12.8 Å². The van der Waals surface area contributed by atoms with E-state index in [-0.39, 0.29) is 23.6 Å². The molecule has 0 aliphatic rings. The minimum Gasteiger partial charge on any atom is -0.478 e. The molecule has 1 amide bonds. The van der Waals surface area contributed by atoms with E-state index in [1.807, 2.05) is 6.92 Å². The van der Waals surface area contributed by atoms with Gasteiger partial charge in [0.15, 0.2) is 9.84 Å². The van der Waals surface area contributed by atoms with E-state index in [1.165, 1.54) is 24.9 Å². The van der Waals surface area contributed by atoms with Crippen molar-refractivity contribution in [3.8, 4) is 0 Å². The molecule has 0 spiro atoms. The zero-order chi connectivity index (χ0) is 17.6. The van der Waals surface area contributed by atoms with Crippen molar-refractivity contribution in [1.29, 1.82) is 0 Å². The van der Waals surface area contributed by atoms with Gasteiger partial charge in [0.25, 0.3) is 0 Å². The Bertz CT molecular complexity index is 662. The van der Waals surface area contributed by atoms with Crippen molar-refractivity contribution in [1.82, 2.24) is 4.90 Å². The Morgan fingerprint density at radius 1 is 1.30 bits per heavy atom. The van der Waals surface area contributed by atoms with Crippen LogP contribution in [0.25, 0.3) is 0 Å². The third-order valence-corrected chi connectivity index (χ3v) is 5.02. The van der Waals surface area contributed by atoms with Crippen molar-refractivity contribution in [2.24, 2.45) is 0 Å². The van der Waals surface area contributed by atoms with Crippen molar-refractivity contribution in [2.45, 2.75) is 39.7 Å². The summed E-state index contributed by atoms with van der Waals surface area (Å²) >= 11 is 0. The molecule has 0 aliphatic carbocycles. The Morgan fingerprint density at radius 2 is 1.96 bits per heavy atom. The number of carboxylic acid groups (broad SMARTS) is 1. The number of rotatable bonds is 9. The molecule has 0 unspecified atom stereocenters. The van der Waals surface area contributed by atoms with Gasteiger partial charge in [0.05, 0.1) is 12.3 Å². The van der Waals surface area contributed by atoms with Gasteiger partial charge in [0, 0.05) is 7.05 Å². The van der Waals surface area contributed by atoms with Crippen molar-refractivity contribution in [3.05, 3.63) is 23.2 Å². The number of unbranched alkanes of at least 4 members (excludes halogenated alkanes) is 2. The number of hydrogen-bond acceptors (Lipinski definition) is 5. The van der Waals surface area contributed by atoms with E-state index in [1.54, 1.807) is 0 Å². The van der Waals surface area contributed by atoms with Crippen LogP contribution >= 0.6 is 0 Å². The minimum absolute atomic E-state index is 0.00342. The predicted octanol–water partition coefficient (Wildman–Crippen LogP) is 1.85. The fourth-order valence-electron chi connectivity index (χ4n) is 2.10. The number of carbonyl (C=O) groups excluding carboxylic acids is 1. The predicted molar refractivity (Wildman–Crippen MR) is 85.1 cm³/mol. The van der Waals surface area contributed by atoms with Crippen LogP contribution in [0.15, 0.2) is 10.5 Å². The first-order chi connectivity index (χ1) is 10.7. The number of amides is 1. The van der Waals surface area contributed by atoms with Gasteiger partial charge in [-0.2, -0.15) is 0 Å². The zero-order valence-corrected chi connectivity index (χ0v) is 14.5. The normalized spacial score (nSPS) is 11.4. The lowest BCUT2D eigenvalue weighted by atomic mass is 10.2. The number of carboxylic acids is 1. The molecule has 1 aromatic heterocycles. The molecule has 0 saturated carbocycles. The Kier molecular flexibility index (Phi) is 6.80. The summed E-state index contributed by atoms with van der Waals surface area (Å²) in [6.45, 7) is 3.52. The maximum absolute atomic E-state index is 12.0. The number of furan rings is 1. The van der Waals surface area contributed by atoms with Crippen molar-refractivity contribution in [3.63, 3.8) is 0 Å². The van der Waals surface area contributed by atoms with Gasteiger partial charge in [-0.1, -0.05) is 19.8 Å². The first-order valence-electron chi connectivity index (χ1n) is 7.43. The minimum atomic E-state index is -3.42. The second-order valence-electron chi connectivity index (χ2n) is 5.54. The van der Waals surface area contributed by atoms with E-state index in [2.05, 4.69) is 0 Å². The SMILES string of the molecule is CCCCCS(=O)(=O)CC(=O)N(C)Cc1cc(C(=O)O)c(C)o1. The molecule has 0 aliphatic heterocycles. The molecular weight excluding hydrogens is 322 g/mol. The molecule has 0 atom stereocenters. The number of hydrogen-bond donors (Lipinski definition) is 1. The van der Waals surface area contributed by atoms with Crippen LogP contribution < -0.4 is 0 Å². The molecular formula is C15H23NO6S. The van der Waals surface area contributed by atoms with Crippen LogP contribution in [0.5, 0.6) is 0 Å². The molecule has 1 rings (SSSR count). The van der Waals surface area contributed by atoms with E-state index in [4.69, 9.17) is 9.52 Å². The molecule has 0 radical (unpaired) electrons. The van der Waals surface area contributed by atoms with Gasteiger partial charge < -0.3 is 14.4 Å². The lowest BCUT2D eigenvalue weighted by Crippen LogP contribution is -2.32. The van der Waals surface area contributed by atoms with Gasteiger partial charge in [-0.3, -0.25) is 4.79 Å². The quantitative estimate of drug-likeness (QED) is 0.685. The lowest BCUT2D eigenvalue weighted by Gasteiger charge is -2.15. The molecule has 23 heavy (non-hydrogen) atoms. The van der Waals surface area contributed by atoms with Gasteiger partial charge in [-0.15, -0.1) is 0 Å². The van der Waals surface area contributed by atoms with E-state index in [9.17, 15) is 18.0 Å². The first-order valence-corrected chi connectivity index (χ1v) is 9.25. The van der Waals surface area contributed by atoms with Crippen LogP contribution in [0.4, 0.5) is 0 Å². The highest BCUT2D eigenvalue weighted by atomic mass is 32.2. The van der Waals surface area contributed by atoms with Gasteiger partial charge in [-0.25, -0.2) is 13.2 Å². The van der Waals surface area contributed by atoms with Crippen molar-refractivity contribution >= 4 is 21.7 Å². The summed E-state index contributed by atoms with van der Waals surface area (Å²) in [5.74, 6) is -1.63. The third kappa shape index (κ3) is 6.05. The van der Waals surface area contributed by atoms with Crippen molar-refractivity contribution < 1.29 is 27.5 Å². The summed E-state index contributed by atoms with van der Waals surface area (Å²) in [5.41, 5.74) is 0.0352. The van der Waals surface area contributed by atoms with Crippen LogP contribution in [0, 0.1) is 6.92 Å². The van der Waals surface area contributed by atoms with Gasteiger partial charge in [0.2, 0.25) is 5.91 Å².